The lowest BCUT2D eigenvalue weighted by Crippen LogP contribution is -2.65. The molecule has 0 radical (unpaired) electrons. The van der Waals surface area contributed by atoms with E-state index in [2.05, 4.69) is 47.4 Å². The Balaban J connectivity index is 1.15. The Labute approximate surface area is 351 Å². The molecule has 0 spiro atoms. The fourth-order valence-electron chi connectivity index (χ4n) is 8.63. The highest BCUT2D eigenvalue weighted by atomic mass is 35.5. The number of halogens is 1. The summed E-state index contributed by atoms with van der Waals surface area (Å²) in [6.07, 6.45) is 0.166. The number of amides is 5. The average molecular weight is 839 g/mol. The minimum Gasteiger partial charge on any atom is -0.404 e. The molecule has 1 aliphatic heterocycles. The summed E-state index contributed by atoms with van der Waals surface area (Å²) in [4.78, 5) is 66.9. The van der Waals surface area contributed by atoms with Crippen molar-refractivity contribution >= 4 is 48.3 Å². The molecule has 2 aromatic carbocycles. The second kappa shape index (κ2) is 19.5. The standard InChI is InChI=1S/C41H60BClN8O8/c1-22(52)33(50-37(55)30(17-19-45)48-35(53)26-11-9-24(10-12-26)25-13-15-28(43)16-14-25)38(56)51-34(46)39(57)49-29(8-6-7-18-44)36(54)47-23(2)42-58-32-21-27-20-31(40(27,3)4)41(32,5)59-42/h9-16,22-23,27,29-34,52H,6-8,17-21,44-46H2,1-5H3,(H,47,54)(H,48,53)(H,49,57)(H,50,55)(H,51,56). The second-order valence-electron chi connectivity index (χ2n) is 16.9. The van der Waals surface area contributed by atoms with E-state index in [1.807, 2.05) is 12.1 Å². The monoisotopic (exact) mass is 838 g/mol. The van der Waals surface area contributed by atoms with Gasteiger partial charge in [0.05, 0.1) is 23.8 Å². The molecule has 59 heavy (non-hydrogen) atoms. The summed E-state index contributed by atoms with van der Waals surface area (Å²) in [5, 5.41) is 24.1. The van der Waals surface area contributed by atoms with E-state index in [-0.39, 0.29) is 36.5 Å². The van der Waals surface area contributed by atoms with Gasteiger partial charge in [-0.3, -0.25) is 24.0 Å². The van der Waals surface area contributed by atoms with Crippen LogP contribution in [-0.4, -0.2) is 103 Å². The molecular formula is C41H60BClN8O8. The highest BCUT2D eigenvalue weighted by molar-refractivity contribution is 6.47. The van der Waals surface area contributed by atoms with Gasteiger partial charge in [0, 0.05) is 10.6 Å². The molecule has 18 heteroatoms. The van der Waals surface area contributed by atoms with Crippen LogP contribution in [0, 0.1) is 17.3 Å². The largest absolute Gasteiger partial charge is 0.481 e. The second-order valence-corrected chi connectivity index (χ2v) is 17.3. The van der Waals surface area contributed by atoms with Crippen LogP contribution in [0.5, 0.6) is 0 Å². The Morgan fingerprint density at radius 1 is 0.797 bits per heavy atom. The Hall–Kier alpha value is -4.10. The lowest BCUT2D eigenvalue weighted by molar-refractivity contribution is -0.199. The lowest BCUT2D eigenvalue weighted by atomic mass is 9.43. The van der Waals surface area contributed by atoms with Crippen LogP contribution >= 0.6 is 11.6 Å². The molecule has 5 amide bonds. The minimum absolute atomic E-state index is 0.0147. The summed E-state index contributed by atoms with van der Waals surface area (Å²) in [5.74, 6) is -3.33. The van der Waals surface area contributed by atoms with E-state index in [9.17, 15) is 29.1 Å². The molecule has 3 aliphatic carbocycles. The van der Waals surface area contributed by atoms with Gasteiger partial charge in [-0.2, -0.15) is 0 Å². The summed E-state index contributed by atoms with van der Waals surface area (Å²) >= 11 is 5.99. The van der Waals surface area contributed by atoms with Crippen molar-refractivity contribution < 1.29 is 38.4 Å². The van der Waals surface area contributed by atoms with Gasteiger partial charge in [0.1, 0.15) is 18.1 Å². The third-order valence-corrected chi connectivity index (χ3v) is 12.6. The van der Waals surface area contributed by atoms with Crippen LogP contribution in [-0.2, 0) is 28.5 Å². The number of nitrogens with one attached hydrogen (secondary N) is 5. The lowest BCUT2D eigenvalue weighted by Gasteiger charge is -2.64. The predicted octanol–water partition coefficient (Wildman–Crippen LogP) is 1.11. The normalized spacial score (nSPS) is 24.5. The van der Waals surface area contributed by atoms with Crippen LogP contribution in [0.2, 0.25) is 5.02 Å². The molecule has 4 fully saturated rings. The number of benzene rings is 2. The first kappa shape index (κ1) is 46.0. The van der Waals surface area contributed by atoms with Gasteiger partial charge in [-0.05, 0) is 125 Å². The van der Waals surface area contributed by atoms with E-state index in [4.69, 9.17) is 38.1 Å². The number of hydrogen-bond acceptors (Lipinski definition) is 11. The van der Waals surface area contributed by atoms with Crippen molar-refractivity contribution in [2.24, 2.45) is 34.5 Å². The van der Waals surface area contributed by atoms with Gasteiger partial charge >= 0.3 is 7.12 Å². The van der Waals surface area contributed by atoms with Crippen LogP contribution in [0.25, 0.3) is 11.1 Å². The van der Waals surface area contributed by atoms with Crippen molar-refractivity contribution in [3.05, 3.63) is 59.1 Å². The van der Waals surface area contributed by atoms with Crippen LogP contribution in [0.15, 0.2) is 48.5 Å². The minimum atomic E-state index is -1.67. The zero-order chi connectivity index (χ0) is 43.2. The van der Waals surface area contributed by atoms with E-state index in [1.165, 1.54) is 6.92 Å². The first-order valence-electron chi connectivity index (χ1n) is 20.4. The molecule has 16 nitrogen and oxygen atoms in total. The smallest absolute Gasteiger partial charge is 0.404 e. The molecule has 12 N–H and O–H groups in total. The Morgan fingerprint density at radius 3 is 2.00 bits per heavy atom. The first-order valence-corrected chi connectivity index (χ1v) is 20.8. The molecule has 1 heterocycles. The topological polar surface area (TPSA) is 262 Å². The quantitative estimate of drug-likeness (QED) is 0.0550. The van der Waals surface area contributed by atoms with Crippen LogP contribution in [0.3, 0.4) is 0 Å². The summed E-state index contributed by atoms with van der Waals surface area (Å²) in [6, 6.07) is 10.2. The van der Waals surface area contributed by atoms with Crippen molar-refractivity contribution in [3.63, 3.8) is 0 Å². The van der Waals surface area contributed by atoms with Crippen LogP contribution in [0.4, 0.5) is 0 Å². The number of carbonyl (C=O) groups excluding carboxylic acids is 5. The third kappa shape index (κ3) is 10.6. The molecule has 2 bridgehead atoms. The summed E-state index contributed by atoms with van der Waals surface area (Å²) in [5.41, 5.74) is 19.3. The number of unbranched alkanes of at least 4 members (excludes halogenated alkanes) is 1. The Morgan fingerprint density at radius 2 is 1.41 bits per heavy atom. The molecule has 10 atom stereocenters. The van der Waals surface area contributed by atoms with Gasteiger partial charge in [0.2, 0.25) is 17.7 Å². The fourth-order valence-corrected chi connectivity index (χ4v) is 8.76. The van der Waals surface area contributed by atoms with Gasteiger partial charge < -0.3 is 58.2 Å². The van der Waals surface area contributed by atoms with Gasteiger partial charge in [-0.25, -0.2) is 0 Å². The highest BCUT2D eigenvalue weighted by Crippen LogP contribution is 2.65. The summed E-state index contributed by atoms with van der Waals surface area (Å²) in [7, 11) is -0.677. The number of nitrogens with two attached hydrogens (primary N) is 3. The van der Waals surface area contributed by atoms with Gasteiger partial charge in [-0.1, -0.05) is 49.7 Å². The molecule has 10 unspecified atom stereocenters. The predicted molar refractivity (Wildman–Crippen MR) is 224 cm³/mol. The zero-order valence-electron chi connectivity index (χ0n) is 34.5. The van der Waals surface area contributed by atoms with Crippen molar-refractivity contribution in [2.75, 3.05) is 13.1 Å². The van der Waals surface area contributed by atoms with E-state index in [0.717, 1.165) is 24.0 Å². The molecule has 3 saturated carbocycles. The molecule has 4 aliphatic rings. The molecule has 2 aromatic rings. The molecule has 322 valence electrons. The van der Waals surface area contributed by atoms with Crippen LogP contribution in [0.1, 0.15) is 83.5 Å². The van der Waals surface area contributed by atoms with E-state index >= 15 is 0 Å². The SMILES string of the molecule is CC(NC(=O)C(CCCCN)NC(=O)C(N)NC(=O)C(NC(=O)C(CCN)NC(=O)c1ccc(-c2ccc(Cl)cc2)cc1)C(C)O)B1OC2CC3CC(C3(C)C)C2(C)O1. The highest BCUT2D eigenvalue weighted by Gasteiger charge is 2.68. The van der Waals surface area contributed by atoms with Crippen molar-refractivity contribution in [2.45, 2.75) is 121 Å². The zero-order valence-corrected chi connectivity index (χ0v) is 35.2. The molecule has 0 aromatic heterocycles. The van der Waals surface area contributed by atoms with Gasteiger partial charge in [-0.15, -0.1) is 0 Å². The summed E-state index contributed by atoms with van der Waals surface area (Å²) < 4.78 is 12.8. The Kier molecular flexibility index (Phi) is 15.2. The Bertz CT molecular complexity index is 1820. The number of carbonyl (C=O) groups is 5. The number of aliphatic hydroxyl groups excluding tert-OH is 1. The van der Waals surface area contributed by atoms with E-state index in [0.29, 0.717) is 36.2 Å². The molecule has 6 rings (SSSR count). The number of hydrogen-bond donors (Lipinski definition) is 9. The maximum absolute atomic E-state index is 13.6. The third-order valence-electron chi connectivity index (χ3n) is 12.4. The van der Waals surface area contributed by atoms with E-state index in [1.54, 1.807) is 43.3 Å². The summed E-state index contributed by atoms with van der Waals surface area (Å²) in [6.45, 7) is 10.1. The van der Waals surface area contributed by atoms with Crippen molar-refractivity contribution in [1.29, 1.82) is 0 Å². The molecule has 1 saturated heterocycles. The van der Waals surface area contributed by atoms with Crippen LogP contribution < -0.4 is 43.8 Å². The maximum Gasteiger partial charge on any atom is 0.481 e. The molecular weight excluding hydrogens is 779 g/mol. The van der Waals surface area contributed by atoms with Gasteiger partial charge in [0.25, 0.3) is 11.8 Å². The van der Waals surface area contributed by atoms with E-state index < -0.39 is 78.6 Å². The average Bonchev–Trinajstić information content (AvgIpc) is 3.57. The number of rotatable bonds is 19. The fraction of sp³-hybridized carbons (Fsp3) is 0.585. The van der Waals surface area contributed by atoms with Crippen molar-refractivity contribution in [1.82, 2.24) is 26.6 Å². The first-order chi connectivity index (χ1) is 27.9. The maximum atomic E-state index is 13.6. The van der Waals surface area contributed by atoms with Gasteiger partial charge in [0.15, 0.2) is 6.17 Å². The number of aliphatic hydroxyl groups is 1. The van der Waals surface area contributed by atoms with Crippen molar-refractivity contribution in [3.8, 4) is 11.1 Å².